The Morgan fingerprint density at radius 2 is 1.96 bits per heavy atom. The Morgan fingerprint density at radius 3 is 2.54 bits per heavy atom. The van der Waals surface area contributed by atoms with Gasteiger partial charge in [-0.3, -0.25) is 9.69 Å². The second-order valence-corrected chi connectivity index (χ2v) is 7.74. The Morgan fingerprint density at radius 1 is 1.29 bits per heavy atom. The topological polar surface area (TPSA) is 84.7 Å². The van der Waals surface area contributed by atoms with E-state index in [0.717, 1.165) is 24.1 Å². The van der Waals surface area contributed by atoms with Crippen LogP contribution >= 0.6 is 0 Å². The van der Waals surface area contributed by atoms with E-state index in [2.05, 4.69) is 5.10 Å². The van der Waals surface area contributed by atoms with E-state index in [0.29, 0.717) is 32.4 Å². The third kappa shape index (κ3) is 3.05. The van der Waals surface area contributed by atoms with Crippen LogP contribution in [0.1, 0.15) is 57.7 Å². The molecule has 0 aromatic carbocycles. The third-order valence-electron chi connectivity index (χ3n) is 4.87. The minimum absolute atomic E-state index is 0.503. The van der Waals surface area contributed by atoms with Crippen molar-refractivity contribution in [3.05, 3.63) is 17.5 Å². The van der Waals surface area contributed by atoms with Crippen molar-refractivity contribution >= 4 is 12.1 Å². The molecule has 7 nitrogen and oxygen atoms in total. The molecular weight excluding hydrogens is 310 g/mol. The van der Waals surface area contributed by atoms with Crippen LogP contribution in [0.2, 0.25) is 0 Å². The summed E-state index contributed by atoms with van der Waals surface area (Å²) in [4.78, 5) is 26.1. The number of hydrogen-bond donors (Lipinski definition) is 1. The summed E-state index contributed by atoms with van der Waals surface area (Å²) in [5.41, 5.74) is 0.439. The van der Waals surface area contributed by atoms with Crippen molar-refractivity contribution in [2.24, 2.45) is 0 Å². The number of rotatable bonds is 2. The van der Waals surface area contributed by atoms with E-state index in [1.165, 1.54) is 4.68 Å². The van der Waals surface area contributed by atoms with Crippen LogP contribution in [0.15, 0.2) is 6.20 Å². The average molecular weight is 335 g/mol. The summed E-state index contributed by atoms with van der Waals surface area (Å²) in [6.07, 6.45) is 5.12. The zero-order valence-corrected chi connectivity index (χ0v) is 14.5. The minimum atomic E-state index is -0.758. The van der Waals surface area contributed by atoms with Gasteiger partial charge in [-0.05, 0) is 33.6 Å². The number of carbonyl (C=O) groups is 2. The van der Waals surface area contributed by atoms with E-state index in [1.54, 1.807) is 6.20 Å². The number of aliphatic carboxylic acids is 1. The fraction of sp³-hybridized carbons (Fsp3) is 0.706. The van der Waals surface area contributed by atoms with E-state index in [9.17, 15) is 14.7 Å². The number of aromatic nitrogens is 2. The van der Waals surface area contributed by atoms with Gasteiger partial charge in [0.1, 0.15) is 11.1 Å². The van der Waals surface area contributed by atoms with Gasteiger partial charge in [-0.25, -0.2) is 4.79 Å². The molecule has 1 aliphatic heterocycles. The minimum Gasteiger partial charge on any atom is -0.480 e. The van der Waals surface area contributed by atoms with Gasteiger partial charge in [0.25, 0.3) is 0 Å². The number of ether oxygens (including phenoxy) is 1. The quantitative estimate of drug-likeness (QED) is 0.893. The molecule has 0 unspecified atom stereocenters. The molecular formula is C17H25N3O4. The molecule has 0 atom stereocenters. The second kappa shape index (κ2) is 5.88. The Kier molecular flexibility index (Phi) is 4.15. The summed E-state index contributed by atoms with van der Waals surface area (Å²) < 4.78 is 6.58. The molecule has 0 bridgehead atoms. The molecule has 1 aliphatic carbocycles. The Balaban J connectivity index is 1.79. The van der Waals surface area contributed by atoms with Gasteiger partial charge in [-0.15, -0.1) is 0 Å². The lowest BCUT2D eigenvalue weighted by Crippen LogP contribution is -2.54. The van der Waals surface area contributed by atoms with Crippen LogP contribution in [0.4, 0.5) is 4.79 Å². The SMILES string of the molecule is CC(C)(C)OC(=O)n1cc2c(n1)CCN(C1(C(=O)O)CCCC1)C2. The summed E-state index contributed by atoms with van der Waals surface area (Å²) in [5, 5.41) is 14.1. The molecule has 3 rings (SSSR count). The van der Waals surface area contributed by atoms with Crippen LogP contribution in [0.25, 0.3) is 0 Å². The van der Waals surface area contributed by atoms with Crippen molar-refractivity contribution in [2.75, 3.05) is 6.54 Å². The predicted octanol–water partition coefficient (Wildman–Crippen LogP) is 2.42. The third-order valence-corrected chi connectivity index (χ3v) is 4.87. The molecule has 24 heavy (non-hydrogen) atoms. The first kappa shape index (κ1) is 17.0. The maximum absolute atomic E-state index is 12.2. The first-order chi connectivity index (χ1) is 11.2. The number of carbonyl (C=O) groups excluding carboxylic acids is 1. The summed E-state index contributed by atoms with van der Waals surface area (Å²) in [6, 6.07) is 0. The molecule has 1 aromatic heterocycles. The van der Waals surface area contributed by atoms with Gasteiger partial charge in [-0.1, -0.05) is 12.8 Å². The van der Waals surface area contributed by atoms with Crippen molar-refractivity contribution in [3.8, 4) is 0 Å². The zero-order valence-electron chi connectivity index (χ0n) is 14.5. The maximum Gasteiger partial charge on any atom is 0.435 e. The molecule has 2 heterocycles. The molecule has 0 amide bonds. The summed E-state index contributed by atoms with van der Waals surface area (Å²) >= 11 is 0. The van der Waals surface area contributed by atoms with E-state index in [1.807, 2.05) is 25.7 Å². The Bertz CT molecular complexity index is 653. The van der Waals surface area contributed by atoms with E-state index in [-0.39, 0.29) is 0 Å². The highest BCUT2D eigenvalue weighted by Crippen LogP contribution is 2.38. The highest BCUT2D eigenvalue weighted by molar-refractivity contribution is 5.79. The molecule has 0 radical (unpaired) electrons. The molecule has 1 saturated carbocycles. The van der Waals surface area contributed by atoms with Crippen molar-refractivity contribution < 1.29 is 19.4 Å². The molecule has 1 aromatic rings. The van der Waals surface area contributed by atoms with Crippen LogP contribution in [-0.4, -0.2) is 49.5 Å². The van der Waals surface area contributed by atoms with E-state index in [4.69, 9.17) is 4.74 Å². The van der Waals surface area contributed by atoms with Crippen LogP contribution in [0, 0.1) is 0 Å². The smallest absolute Gasteiger partial charge is 0.435 e. The van der Waals surface area contributed by atoms with Crippen molar-refractivity contribution in [2.45, 2.75) is 70.6 Å². The van der Waals surface area contributed by atoms with Gasteiger partial charge in [0.05, 0.1) is 5.69 Å². The molecule has 0 saturated heterocycles. The van der Waals surface area contributed by atoms with Crippen molar-refractivity contribution in [1.82, 2.24) is 14.7 Å². The van der Waals surface area contributed by atoms with Crippen LogP contribution < -0.4 is 0 Å². The molecule has 0 spiro atoms. The van der Waals surface area contributed by atoms with E-state index >= 15 is 0 Å². The largest absolute Gasteiger partial charge is 0.480 e. The number of nitrogens with zero attached hydrogens (tertiary/aromatic N) is 3. The zero-order chi connectivity index (χ0) is 17.5. The van der Waals surface area contributed by atoms with Gasteiger partial charge in [-0.2, -0.15) is 9.78 Å². The van der Waals surface area contributed by atoms with E-state index < -0.39 is 23.2 Å². The fourth-order valence-corrected chi connectivity index (χ4v) is 3.71. The summed E-state index contributed by atoms with van der Waals surface area (Å²) in [6.45, 7) is 6.61. The average Bonchev–Trinajstić information content (AvgIpc) is 3.12. The molecule has 1 fully saturated rings. The Hall–Kier alpha value is -1.89. The first-order valence-electron chi connectivity index (χ1n) is 8.50. The lowest BCUT2D eigenvalue weighted by Gasteiger charge is -2.39. The number of carboxylic acid groups (broad SMARTS) is 1. The monoisotopic (exact) mass is 335 g/mol. The molecule has 132 valence electrons. The highest BCUT2D eigenvalue weighted by Gasteiger charge is 2.47. The van der Waals surface area contributed by atoms with Gasteiger partial charge < -0.3 is 9.84 Å². The highest BCUT2D eigenvalue weighted by atomic mass is 16.6. The number of hydrogen-bond acceptors (Lipinski definition) is 5. The standard InChI is InChI=1S/C17H25N3O4/c1-16(2,3)24-15(23)20-11-12-10-19(9-6-13(12)18-20)17(14(21)22)7-4-5-8-17/h11H,4-10H2,1-3H3,(H,21,22). The lowest BCUT2D eigenvalue weighted by atomic mass is 9.92. The molecule has 2 aliphatic rings. The second-order valence-electron chi connectivity index (χ2n) is 7.74. The van der Waals surface area contributed by atoms with Crippen LogP contribution in [-0.2, 0) is 22.5 Å². The number of carboxylic acids is 1. The summed E-state index contributed by atoms with van der Waals surface area (Å²) in [5.74, 6) is -0.733. The Labute approximate surface area is 141 Å². The molecule has 7 heteroatoms. The number of fused-ring (bicyclic) bond motifs is 1. The maximum atomic E-state index is 12.2. The van der Waals surface area contributed by atoms with Crippen LogP contribution in [0.3, 0.4) is 0 Å². The van der Waals surface area contributed by atoms with Crippen LogP contribution in [0.5, 0.6) is 0 Å². The summed E-state index contributed by atoms with van der Waals surface area (Å²) in [7, 11) is 0. The molecule has 1 N–H and O–H groups in total. The first-order valence-corrected chi connectivity index (χ1v) is 8.50. The van der Waals surface area contributed by atoms with Gasteiger partial charge in [0.2, 0.25) is 0 Å². The van der Waals surface area contributed by atoms with Crippen molar-refractivity contribution in [3.63, 3.8) is 0 Å². The lowest BCUT2D eigenvalue weighted by molar-refractivity contribution is -0.152. The van der Waals surface area contributed by atoms with Gasteiger partial charge >= 0.3 is 12.1 Å². The fourth-order valence-electron chi connectivity index (χ4n) is 3.71. The van der Waals surface area contributed by atoms with Gasteiger partial charge in [0.15, 0.2) is 0 Å². The van der Waals surface area contributed by atoms with Gasteiger partial charge in [0, 0.05) is 31.3 Å². The van der Waals surface area contributed by atoms with Crippen molar-refractivity contribution in [1.29, 1.82) is 0 Å². The predicted molar refractivity (Wildman–Crippen MR) is 86.8 cm³/mol. The normalized spacial score (nSPS) is 20.6.